The van der Waals surface area contributed by atoms with E-state index in [1.54, 1.807) is 0 Å². The largest absolute Gasteiger partial charge is 0.362 e. The summed E-state index contributed by atoms with van der Waals surface area (Å²) in [5.74, 6) is -1.02. The number of benzene rings is 1. The standard InChI is InChI=1S/C17H17NO3/c1-9-4-5-11(8-10(9)2)18-15(19)13-12-6-7-17(3,21-12)14(13)16(18)20/h4-8,12-14H,1-3H3/t12-,13-,14+,17+/m1/s1. The quantitative estimate of drug-likeness (QED) is 0.586. The molecule has 2 amide bonds. The van der Waals surface area contributed by atoms with E-state index >= 15 is 0 Å². The van der Waals surface area contributed by atoms with Crippen LogP contribution in [0.2, 0.25) is 0 Å². The van der Waals surface area contributed by atoms with Crippen LogP contribution in [0.4, 0.5) is 5.69 Å². The Balaban J connectivity index is 1.78. The molecule has 0 spiro atoms. The number of imide groups is 1. The van der Waals surface area contributed by atoms with Crippen molar-refractivity contribution in [3.63, 3.8) is 0 Å². The van der Waals surface area contributed by atoms with E-state index in [1.807, 2.05) is 51.1 Å². The van der Waals surface area contributed by atoms with Gasteiger partial charge in [0.15, 0.2) is 0 Å². The van der Waals surface area contributed by atoms with Gasteiger partial charge in [-0.05, 0) is 44.0 Å². The average Bonchev–Trinajstić information content (AvgIpc) is 3.03. The van der Waals surface area contributed by atoms with E-state index in [0.29, 0.717) is 5.69 Å². The van der Waals surface area contributed by atoms with Crippen LogP contribution in [0.25, 0.3) is 0 Å². The number of anilines is 1. The third-order valence-corrected chi connectivity index (χ3v) is 5.08. The fraction of sp³-hybridized carbons (Fsp3) is 0.412. The normalized spacial score (nSPS) is 36.7. The van der Waals surface area contributed by atoms with Crippen LogP contribution in [0.3, 0.4) is 0 Å². The molecule has 0 unspecified atom stereocenters. The highest BCUT2D eigenvalue weighted by Gasteiger charge is 2.65. The molecule has 0 aliphatic carbocycles. The molecule has 4 rings (SSSR count). The van der Waals surface area contributed by atoms with Gasteiger partial charge in [-0.1, -0.05) is 18.2 Å². The highest BCUT2D eigenvalue weighted by atomic mass is 16.5. The topological polar surface area (TPSA) is 46.6 Å². The van der Waals surface area contributed by atoms with E-state index in [1.165, 1.54) is 4.90 Å². The Bertz CT molecular complexity index is 708. The van der Waals surface area contributed by atoms with Gasteiger partial charge in [0, 0.05) is 0 Å². The van der Waals surface area contributed by atoms with Crippen molar-refractivity contribution in [1.29, 1.82) is 0 Å². The molecule has 4 heteroatoms. The lowest BCUT2D eigenvalue weighted by molar-refractivity contribution is -0.126. The van der Waals surface area contributed by atoms with Crippen LogP contribution in [0, 0.1) is 25.7 Å². The molecule has 0 radical (unpaired) electrons. The molecule has 3 aliphatic heterocycles. The highest BCUT2D eigenvalue weighted by molar-refractivity contribution is 6.23. The Morgan fingerprint density at radius 3 is 2.57 bits per heavy atom. The molecule has 4 nitrogen and oxygen atoms in total. The predicted molar refractivity (Wildman–Crippen MR) is 77.8 cm³/mol. The zero-order valence-corrected chi connectivity index (χ0v) is 12.3. The van der Waals surface area contributed by atoms with Gasteiger partial charge in [0.2, 0.25) is 11.8 Å². The molecule has 0 aromatic heterocycles. The Morgan fingerprint density at radius 1 is 1.14 bits per heavy atom. The van der Waals surface area contributed by atoms with Gasteiger partial charge in [-0.3, -0.25) is 9.59 Å². The number of carbonyl (C=O) groups excluding carboxylic acids is 2. The summed E-state index contributed by atoms with van der Waals surface area (Å²) in [6.07, 6.45) is 3.58. The minimum Gasteiger partial charge on any atom is -0.362 e. The molecule has 1 aromatic carbocycles. The van der Waals surface area contributed by atoms with Crippen LogP contribution in [0.15, 0.2) is 30.4 Å². The van der Waals surface area contributed by atoms with Crippen LogP contribution < -0.4 is 4.90 Å². The van der Waals surface area contributed by atoms with Crippen molar-refractivity contribution in [2.24, 2.45) is 11.8 Å². The van der Waals surface area contributed by atoms with Crippen molar-refractivity contribution >= 4 is 17.5 Å². The van der Waals surface area contributed by atoms with Crippen LogP contribution in [-0.4, -0.2) is 23.5 Å². The number of carbonyl (C=O) groups is 2. The van der Waals surface area contributed by atoms with Gasteiger partial charge in [-0.25, -0.2) is 4.90 Å². The summed E-state index contributed by atoms with van der Waals surface area (Å²) in [4.78, 5) is 26.8. The number of aryl methyl sites for hydroxylation is 2. The van der Waals surface area contributed by atoms with Crippen molar-refractivity contribution in [2.75, 3.05) is 4.90 Å². The van der Waals surface area contributed by atoms with E-state index < -0.39 is 5.60 Å². The fourth-order valence-electron chi connectivity index (χ4n) is 3.77. The SMILES string of the molecule is Cc1ccc(N2C(=O)[C@H]3[C@@H](C2=O)[C@]2(C)C=C[C@H]3O2)cc1C. The molecular weight excluding hydrogens is 266 g/mol. The van der Waals surface area contributed by atoms with E-state index in [0.717, 1.165) is 11.1 Å². The van der Waals surface area contributed by atoms with Gasteiger partial charge in [-0.15, -0.1) is 0 Å². The van der Waals surface area contributed by atoms with Crippen molar-refractivity contribution in [2.45, 2.75) is 32.5 Å². The number of hydrogen-bond acceptors (Lipinski definition) is 3. The second-order valence-corrected chi connectivity index (χ2v) is 6.41. The summed E-state index contributed by atoms with van der Waals surface area (Å²) in [6.45, 7) is 5.89. The summed E-state index contributed by atoms with van der Waals surface area (Å²) >= 11 is 0. The maximum atomic E-state index is 12.8. The van der Waals surface area contributed by atoms with E-state index in [2.05, 4.69) is 0 Å². The van der Waals surface area contributed by atoms with E-state index in [4.69, 9.17) is 4.74 Å². The Hall–Kier alpha value is -1.94. The zero-order valence-electron chi connectivity index (χ0n) is 12.3. The van der Waals surface area contributed by atoms with E-state index in [9.17, 15) is 9.59 Å². The number of ether oxygens (including phenoxy) is 1. The molecule has 3 heterocycles. The number of nitrogens with zero attached hydrogens (tertiary/aromatic N) is 1. The van der Waals surface area contributed by atoms with Crippen molar-refractivity contribution in [3.8, 4) is 0 Å². The van der Waals surface area contributed by atoms with Gasteiger partial charge in [0.1, 0.15) is 0 Å². The second kappa shape index (κ2) is 3.83. The smallest absolute Gasteiger partial charge is 0.241 e. The Morgan fingerprint density at radius 2 is 1.90 bits per heavy atom. The number of fused-ring (bicyclic) bond motifs is 5. The Kier molecular flexibility index (Phi) is 2.33. The summed E-state index contributed by atoms with van der Waals surface area (Å²) < 4.78 is 5.82. The summed E-state index contributed by atoms with van der Waals surface area (Å²) in [7, 11) is 0. The molecule has 0 saturated carbocycles. The maximum Gasteiger partial charge on any atom is 0.241 e. The van der Waals surface area contributed by atoms with Gasteiger partial charge in [0.25, 0.3) is 0 Å². The number of hydrogen-bond donors (Lipinski definition) is 0. The minimum atomic E-state index is -0.628. The maximum absolute atomic E-state index is 12.8. The van der Waals surface area contributed by atoms with Gasteiger partial charge in [0.05, 0.1) is 29.2 Å². The molecule has 0 N–H and O–H groups in total. The van der Waals surface area contributed by atoms with Gasteiger partial charge >= 0.3 is 0 Å². The summed E-state index contributed by atoms with van der Waals surface area (Å²) in [5.41, 5.74) is 2.27. The minimum absolute atomic E-state index is 0.133. The average molecular weight is 283 g/mol. The third-order valence-electron chi connectivity index (χ3n) is 5.08. The fourth-order valence-corrected chi connectivity index (χ4v) is 3.77. The van der Waals surface area contributed by atoms with Crippen molar-refractivity contribution in [1.82, 2.24) is 0 Å². The molecule has 108 valence electrons. The van der Waals surface area contributed by atoms with Gasteiger partial charge < -0.3 is 4.74 Å². The first kappa shape index (κ1) is 12.8. The molecule has 2 fully saturated rings. The second-order valence-electron chi connectivity index (χ2n) is 6.41. The first-order valence-corrected chi connectivity index (χ1v) is 7.24. The van der Waals surface area contributed by atoms with Crippen LogP contribution >= 0.6 is 0 Å². The molecule has 3 aliphatic rings. The van der Waals surface area contributed by atoms with E-state index in [-0.39, 0.29) is 29.8 Å². The molecule has 4 atom stereocenters. The monoisotopic (exact) mass is 283 g/mol. The highest BCUT2D eigenvalue weighted by Crippen LogP contribution is 2.52. The lowest BCUT2D eigenvalue weighted by atomic mass is 9.78. The Labute approximate surface area is 123 Å². The van der Waals surface area contributed by atoms with Crippen molar-refractivity contribution in [3.05, 3.63) is 41.5 Å². The molecule has 2 saturated heterocycles. The number of amides is 2. The molecular formula is C17H17NO3. The third kappa shape index (κ3) is 1.48. The first-order valence-electron chi connectivity index (χ1n) is 7.24. The lowest BCUT2D eigenvalue weighted by Gasteiger charge is -2.24. The lowest BCUT2D eigenvalue weighted by Crippen LogP contribution is -2.38. The van der Waals surface area contributed by atoms with Crippen LogP contribution in [0.5, 0.6) is 0 Å². The summed E-state index contributed by atoms with van der Waals surface area (Å²) in [5, 5.41) is 0. The first-order chi connectivity index (χ1) is 9.92. The number of rotatable bonds is 1. The van der Waals surface area contributed by atoms with Gasteiger partial charge in [-0.2, -0.15) is 0 Å². The summed E-state index contributed by atoms with van der Waals surface area (Å²) in [6, 6.07) is 5.70. The molecule has 21 heavy (non-hydrogen) atoms. The molecule has 1 aromatic rings. The zero-order chi connectivity index (χ0) is 14.9. The van der Waals surface area contributed by atoms with Crippen LogP contribution in [-0.2, 0) is 14.3 Å². The van der Waals surface area contributed by atoms with Crippen molar-refractivity contribution < 1.29 is 14.3 Å². The van der Waals surface area contributed by atoms with Crippen LogP contribution in [0.1, 0.15) is 18.1 Å². The molecule has 2 bridgehead atoms. The predicted octanol–water partition coefficient (Wildman–Crippen LogP) is 2.14.